The van der Waals surface area contributed by atoms with E-state index in [1.165, 1.54) is 36.4 Å². The van der Waals surface area contributed by atoms with E-state index in [4.69, 9.17) is 27.9 Å². The van der Waals surface area contributed by atoms with E-state index >= 15 is 0 Å². The highest BCUT2D eigenvalue weighted by molar-refractivity contribution is 6.35. The van der Waals surface area contributed by atoms with Crippen LogP contribution in [0.15, 0.2) is 48.5 Å². The van der Waals surface area contributed by atoms with Crippen molar-refractivity contribution in [2.24, 2.45) is 0 Å². The smallest absolute Gasteiger partial charge is 0.423 e. The minimum absolute atomic E-state index is 0.153. The van der Waals surface area contributed by atoms with Gasteiger partial charge in [-0.1, -0.05) is 53.5 Å². The molecule has 0 aromatic heterocycles. The number of hydrogen-bond donors (Lipinski definition) is 2. The Labute approximate surface area is 157 Å². The zero-order chi connectivity index (χ0) is 19.4. The summed E-state index contributed by atoms with van der Waals surface area (Å²) >= 11 is 11.6. The summed E-state index contributed by atoms with van der Waals surface area (Å²) in [5, 5.41) is 12.7. The highest BCUT2D eigenvalue weighted by Gasteiger charge is 2.55. The number of nitrogens with one attached hydrogen (secondary N) is 1. The highest BCUT2D eigenvalue weighted by atomic mass is 35.5. The van der Waals surface area contributed by atoms with Gasteiger partial charge >= 0.3 is 6.18 Å². The van der Waals surface area contributed by atoms with Crippen LogP contribution >= 0.6 is 23.2 Å². The molecule has 0 aliphatic carbocycles. The molecule has 1 amide bonds. The van der Waals surface area contributed by atoms with Crippen molar-refractivity contribution in [3.8, 4) is 5.75 Å². The number of carbonyl (C=O) groups excluding carboxylic acids is 1. The fourth-order valence-corrected chi connectivity index (χ4v) is 2.56. The summed E-state index contributed by atoms with van der Waals surface area (Å²) in [6, 6.07) is 10.8. The van der Waals surface area contributed by atoms with Crippen molar-refractivity contribution in [2.45, 2.75) is 11.8 Å². The molecule has 26 heavy (non-hydrogen) atoms. The van der Waals surface area contributed by atoms with Gasteiger partial charge in [0.15, 0.2) is 6.61 Å². The predicted octanol–water partition coefficient (Wildman–Crippen LogP) is 3.94. The molecule has 4 nitrogen and oxygen atoms in total. The number of carbonyl (C=O) groups is 1. The zero-order valence-electron chi connectivity index (χ0n) is 13.2. The van der Waals surface area contributed by atoms with Gasteiger partial charge in [-0.2, -0.15) is 13.2 Å². The van der Waals surface area contributed by atoms with Gasteiger partial charge in [-0.25, -0.2) is 0 Å². The summed E-state index contributed by atoms with van der Waals surface area (Å²) in [5.74, 6) is -0.699. The molecule has 0 aliphatic heterocycles. The Bertz CT molecular complexity index is 772. The van der Waals surface area contributed by atoms with Crippen LogP contribution in [-0.2, 0) is 10.4 Å². The summed E-state index contributed by atoms with van der Waals surface area (Å²) in [5.41, 5.74) is -3.60. The van der Waals surface area contributed by atoms with Crippen LogP contribution in [0.5, 0.6) is 5.75 Å². The lowest BCUT2D eigenvalue weighted by Crippen LogP contribution is -2.51. The lowest BCUT2D eigenvalue weighted by molar-refractivity contribution is -0.264. The Hall–Kier alpha value is -1.96. The molecule has 1 atom stereocenters. The molecule has 2 rings (SSSR count). The molecule has 0 heterocycles. The molecule has 0 unspecified atom stereocenters. The van der Waals surface area contributed by atoms with E-state index in [9.17, 15) is 23.1 Å². The van der Waals surface area contributed by atoms with Gasteiger partial charge in [0.25, 0.3) is 5.91 Å². The second-order valence-corrected chi connectivity index (χ2v) is 6.21. The van der Waals surface area contributed by atoms with E-state index in [0.29, 0.717) is 5.02 Å². The SMILES string of the molecule is O=C(COc1ccc(Cl)cc1Cl)NC[C@@](O)(c1ccccc1)C(F)(F)F. The maximum Gasteiger partial charge on any atom is 0.423 e. The van der Waals surface area contributed by atoms with Gasteiger partial charge in [0.05, 0.1) is 11.6 Å². The number of alkyl halides is 3. The van der Waals surface area contributed by atoms with Crippen LogP contribution < -0.4 is 10.1 Å². The Morgan fingerprint density at radius 2 is 1.77 bits per heavy atom. The number of rotatable bonds is 6. The topological polar surface area (TPSA) is 58.6 Å². The molecule has 0 spiro atoms. The second kappa shape index (κ2) is 8.16. The Kier molecular flexibility index (Phi) is 6.39. The maximum atomic E-state index is 13.3. The minimum atomic E-state index is -4.98. The molecule has 0 saturated heterocycles. The maximum absolute atomic E-state index is 13.3. The Morgan fingerprint density at radius 3 is 2.35 bits per heavy atom. The lowest BCUT2D eigenvalue weighted by Gasteiger charge is -2.31. The third-order valence-corrected chi connectivity index (χ3v) is 4.04. The summed E-state index contributed by atoms with van der Waals surface area (Å²) in [6.07, 6.45) is -4.98. The van der Waals surface area contributed by atoms with Crippen molar-refractivity contribution >= 4 is 29.1 Å². The largest absolute Gasteiger partial charge is 0.482 e. The van der Waals surface area contributed by atoms with Crippen LogP contribution in [0.2, 0.25) is 10.0 Å². The van der Waals surface area contributed by atoms with E-state index in [0.717, 1.165) is 12.1 Å². The van der Waals surface area contributed by atoms with Gasteiger partial charge in [0.1, 0.15) is 5.75 Å². The van der Waals surface area contributed by atoms with Crippen LogP contribution in [-0.4, -0.2) is 30.3 Å². The normalized spacial score (nSPS) is 13.8. The first-order valence-electron chi connectivity index (χ1n) is 7.32. The molecule has 0 fully saturated rings. The van der Waals surface area contributed by atoms with E-state index in [1.807, 2.05) is 5.32 Å². The molecule has 140 valence electrons. The average molecular weight is 408 g/mol. The average Bonchev–Trinajstić information content (AvgIpc) is 2.58. The minimum Gasteiger partial charge on any atom is -0.482 e. The van der Waals surface area contributed by atoms with Gasteiger partial charge in [0, 0.05) is 5.02 Å². The van der Waals surface area contributed by atoms with Crippen molar-refractivity contribution in [1.29, 1.82) is 0 Å². The van der Waals surface area contributed by atoms with Crippen LogP contribution in [0.25, 0.3) is 0 Å². The monoisotopic (exact) mass is 407 g/mol. The molecular weight excluding hydrogens is 394 g/mol. The highest BCUT2D eigenvalue weighted by Crippen LogP contribution is 2.38. The van der Waals surface area contributed by atoms with Crippen molar-refractivity contribution in [2.75, 3.05) is 13.2 Å². The molecule has 0 bridgehead atoms. The third kappa shape index (κ3) is 4.81. The van der Waals surface area contributed by atoms with Crippen LogP contribution in [0.3, 0.4) is 0 Å². The number of ether oxygens (including phenoxy) is 1. The molecular formula is C17H14Cl2F3NO3. The fourth-order valence-electron chi connectivity index (χ4n) is 2.09. The van der Waals surface area contributed by atoms with Crippen molar-refractivity contribution in [3.63, 3.8) is 0 Å². The van der Waals surface area contributed by atoms with E-state index < -0.39 is 30.8 Å². The number of aliphatic hydroxyl groups is 1. The molecule has 2 aromatic rings. The molecule has 2 aromatic carbocycles. The molecule has 0 aliphatic rings. The number of hydrogen-bond acceptors (Lipinski definition) is 3. The quantitative estimate of drug-likeness (QED) is 0.762. The molecule has 0 radical (unpaired) electrons. The zero-order valence-corrected chi connectivity index (χ0v) is 14.7. The van der Waals surface area contributed by atoms with Gasteiger partial charge < -0.3 is 15.2 Å². The van der Waals surface area contributed by atoms with Gasteiger partial charge in [0.2, 0.25) is 5.60 Å². The van der Waals surface area contributed by atoms with Crippen molar-refractivity contribution in [1.82, 2.24) is 5.32 Å². The van der Waals surface area contributed by atoms with Crippen molar-refractivity contribution in [3.05, 3.63) is 64.1 Å². The number of amides is 1. The first-order chi connectivity index (χ1) is 12.1. The third-order valence-electron chi connectivity index (χ3n) is 3.51. The van der Waals surface area contributed by atoms with Crippen LogP contribution in [0.4, 0.5) is 13.2 Å². The van der Waals surface area contributed by atoms with E-state index in [2.05, 4.69) is 0 Å². The van der Waals surface area contributed by atoms with E-state index in [1.54, 1.807) is 0 Å². The Balaban J connectivity index is 2.01. The summed E-state index contributed by atoms with van der Waals surface area (Å²) < 4.78 is 45.1. The first-order valence-corrected chi connectivity index (χ1v) is 8.08. The van der Waals surface area contributed by atoms with E-state index in [-0.39, 0.29) is 16.3 Å². The fraction of sp³-hybridized carbons (Fsp3) is 0.235. The van der Waals surface area contributed by atoms with Gasteiger partial charge in [-0.3, -0.25) is 4.79 Å². The molecule has 2 N–H and O–H groups in total. The van der Waals surface area contributed by atoms with Gasteiger partial charge in [-0.05, 0) is 23.8 Å². The van der Waals surface area contributed by atoms with Crippen molar-refractivity contribution < 1.29 is 27.8 Å². The lowest BCUT2D eigenvalue weighted by atomic mass is 9.93. The second-order valence-electron chi connectivity index (χ2n) is 5.36. The first kappa shape index (κ1) is 20.4. The van der Waals surface area contributed by atoms with Gasteiger partial charge in [-0.15, -0.1) is 0 Å². The summed E-state index contributed by atoms with van der Waals surface area (Å²) in [7, 11) is 0. The summed E-state index contributed by atoms with van der Waals surface area (Å²) in [4.78, 5) is 11.8. The van der Waals surface area contributed by atoms with Crippen LogP contribution in [0, 0.1) is 0 Å². The Morgan fingerprint density at radius 1 is 1.12 bits per heavy atom. The number of halogens is 5. The summed E-state index contributed by atoms with van der Waals surface area (Å²) in [6.45, 7) is -1.64. The van der Waals surface area contributed by atoms with Crippen LogP contribution in [0.1, 0.15) is 5.56 Å². The molecule has 9 heteroatoms. The standard InChI is InChI=1S/C17H14Cl2F3NO3/c18-12-6-7-14(13(19)8-12)26-9-15(24)23-10-16(25,17(20,21)22)11-4-2-1-3-5-11/h1-8,25H,9-10H2,(H,23,24)/t16-/m1/s1. The molecule has 0 saturated carbocycles. The predicted molar refractivity (Wildman–Crippen MR) is 91.4 cm³/mol. The number of benzene rings is 2.